The van der Waals surface area contributed by atoms with Gasteiger partial charge in [-0.25, -0.2) is 0 Å². The van der Waals surface area contributed by atoms with Crippen LogP contribution in [0.3, 0.4) is 0 Å². The van der Waals surface area contributed by atoms with E-state index in [1.807, 2.05) is 53.7 Å². The molecule has 0 bridgehead atoms. The van der Waals surface area contributed by atoms with Crippen LogP contribution in [-0.4, -0.2) is 88.2 Å². The molecule has 436 valence electrons. The molecule has 0 unspecified atom stereocenters. The molecular formula is C62H131N2O7S+. The summed E-state index contributed by atoms with van der Waals surface area (Å²) in [5.41, 5.74) is 1.08. The molecule has 72 heavy (non-hydrogen) atoms. The number of Topliss-reactive ketones (excluding diaryl/α,β-unsaturated/α-hetero) is 3. The van der Waals surface area contributed by atoms with Crippen molar-refractivity contribution in [1.29, 1.82) is 0 Å². The van der Waals surface area contributed by atoms with Crippen LogP contribution >= 0.6 is 12.2 Å². The first-order valence-corrected chi connectivity index (χ1v) is 28.8. The van der Waals surface area contributed by atoms with Gasteiger partial charge < -0.3 is 9.47 Å². The van der Waals surface area contributed by atoms with Crippen molar-refractivity contribution in [1.82, 2.24) is 5.06 Å². The number of thiocarbonyl (C=S) groups is 1. The Morgan fingerprint density at radius 2 is 0.736 bits per heavy atom. The molecule has 0 aromatic rings. The second-order valence-corrected chi connectivity index (χ2v) is 25.4. The van der Waals surface area contributed by atoms with E-state index < -0.39 is 0 Å². The normalized spacial score (nSPS) is 13.1. The second kappa shape index (κ2) is 45.6. The van der Waals surface area contributed by atoms with Gasteiger partial charge in [0.2, 0.25) is 17.3 Å². The van der Waals surface area contributed by atoms with E-state index in [0.29, 0.717) is 47.3 Å². The molecule has 0 saturated carbocycles. The summed E-state index contributed by atoms with van der Waals surface area (Å²) in [4.78, 5) is 39.2. The maximum absolute atomic E-state index is 10.9. The highest BCUT2D eigenvalue weighted by molar-refractivity contribution is 7.80. The lowest BCUT2D eigenvalue weighted by molar-refractivity contribution is -0.757. The first-order chi connectivity index (χ1) is 32.3. The van der Waals surface area contributed by atoms with Gasteiger partial charge in [-0.3, -0.25) is 24.4 Å². The van der Waals surface area contributed by atoms with E-state index in [2.05, 4.69) is 166 Å². The topological polar surface area (TPSA) is 105 Å². The van der Waals surface area contributed by atoms with Crippen LogP contribution in [-0.2, 0) is 28.7 Å². The van der Waals surface area contributed by atoms with E-state index in [1.165, 1.54) is 9.60 Å². The monoisotopic (exact) mass is 1050 g/mol. The van der Waals surface area contributed by atoms with Crippen molar-refractivity contribution in [2.24, 2.45) is 94.7 Å². The maximum atomic E-state index is 10.9. The number of carbonyl (C=O) groups excluding carboxylic acids is 3. The van der Waals surface area contributed by atoms with Crippen LogP contribution < -0.4 is 0 Å². The Morgan fingerprint density at radius 3 is 0.792 bits per heavy atom. The molecule has 1 N–H and O–H groups in total. The molecule has 0 aliphatic carbocycles. The number of ketones is 3. The Morgan fingerprint density at radius 1 is 0.472 bits per heavy atom. The van der Waals surface area contributed by atoms with Crippen LogP contribution in [0.15, 0.2) is 0 Å². The van der Waals surface area contributed by atoms with Crippen LogP contribution in [0.4, 0.5) is 0 Å². The molecule has 9 nitrogen and oxygen atoms in total. The molecule has 1 heterocycles. The molecule has 10 heteroatoms. The first-order valence-electron chi connectivity index (χ1n) is 28.4. The summed E-state index contributed by atoms with van der Waals surface area (Å²) in [6, 6.07) is 0.465. The zero-order chi connectivity index (χ0) is 59.5. The fourth-order valence-electron chi connectivity index (χ4n) is 7.09. The lowest BCUT2D eigenvalue weighted by atomic mass is 9.88. The number of ether oxygens (including phenoxy) is 2. The quantitative estimate of drug-likeness (QED) is 0.0359. The van der Waals surface area contributed by atoms with E-state index >= 15 is 0 Å². The molecule has 1 saturated heterocycles. The van der Waals surface area contributed by atoms with Gasteiger partial charge in [0.05, 0.1) is 19.3 Å². The summed E-state index contributed by atoms with van der Waals surface area (Å²) in [5, 5.41) is 11.0. The Hall–Kier alpha value is -1.59. The molecule has 1 aliphatic rings. The molecule has 1 aliphatic heterocycles. The SMILES string of the molecule is CC(C)C(=O)C(=O)C(C)C.CC(C)C(=O)C(C)C.CC(C)C(=S)C(C)C.CC(C)C(C(C)C)=[N+](C)O.CC(C)C(C)C(C)C.CC(C)C(C)C(C)C.CC(C)C1(C(C)C)OCCO1.CC(C)ON(C)C(C)C. The second-order valence-electron chi connectivity index (χ2n) is 24.9. The Kier molecular flexibility index (Phi) is 53.4. The number of rotatable bonds is 18. The van der Waals surface area contributed by atoms with Crippen molar-refractivity contribution in [3.8, 4) is 0 Å². The van der Waals surface area contributed by atoms with Crippen molar-refractivity contribution in [2.45, 2.75) is 253 Å². The minimum absolute atomic E-state index is 0.157. The van der Waals surface area contributed by atoms with Crippen LogP contribution in [0.25, 0.3) is 0 Å². The average molecular weight is 1050 g/mol. The van der Waals surface area contributed by atoms with Crippen LogP contribution in [0.5, 0.6) is 0 Å². The van der Waals surface area contributed by atoms with Crippen molar-refractivity contribution >= 4 is 40.1 Å². The fraction of sp³-hybridized carbons (Fsp3) is 0.919. The lowest BCUT2D eigenvalue weighted by Crippen LogP contribution is -2.41. The first kappa shape index (κ1) is 84.4. The van der Waals surface area contributed by atoms with Gasteiger partial charge in [0.25, 0.3) is 0 Å². The molecule has 0 aromatic carbocycles. The van der Waals surface area contributed by atoms with E-state index in [-0.39, 0.29) is 47.1 Å². The standard InChI is InChI=1S/C9H18O2.C8H18NO.C8H14O2.2C8H18.C7H17NO.C7H14O.C7H14S/c1-7(2)9(8(3)4)10-5-6-11-9;1-6(2)8(7(3)4)9(5)10;1-5(2)7(9)8(10)6(3)4;2*1-6(2)8(5)7(3)4;1-6(2)8(5)9-7(3)4;2*1-5(2)7(8)6(3)4/h7-8H,5-6H2,1-4H3;6-7,10H,1-5H3;5-6H,1-4H3;2*6-8H,1-5H3;6-7H,1-5H3;2*5-6H,1-4H3/q;+1;;;;;;. The Labute approximate surface area is 457 Å². The molecular weight excluding hydrogens is 917 g/mol. The van der Waals surface area contributed by atoms with Crippen molar-refractivity contribution in [3.63, 3.8) is 0 Å². The largest absolute Gasteiger partial charge is 0.347 e. The highest BCUT2D eigenvalue weighted by atomic mass is 32.1. The summed E-state index contributed by atoms with van der Waals surface area (Å²) >= 11 is 5.10. The van der Waals surface area contributed by atoms with Gasteiger partial charge in [0, 0.05) is 60.4 Å². The van der Waals surface area contributed by atoms with E-state index in [0.717, 1.165) is 54.4 Å². The summed E-state index contributed by atoms with van der Waals surface area (Å²) in [6.45, 7) is 72.8. The third-order valence-corrected chi connectivity index (χ3v) is 13.7. The van der Waals surface area contributed by atoms with Crippen LogP contribution in [0.1, 0.15) is 235 Å². The fourth-order valence-corrected chi connectivity index (χ4v) is 7.09. The molecule has 0 atom stereocenters. The van der Waals surface area contributed by atoms with Gasteiger partial charge in [-0.15, -0.1) is 0 Å². The lowest BCUT2D eigenvalue weighted by Gasteiger charge is -2.35. The predicted octanol–water partition coefficient (Wildman–Crippen LogP) is 17.3. The Balaban J connectivity index is -0.000000135. The summed E-state index contributed by atoms with van der Waals surface area (Å²) < 4.78 is 12.5. The summed E-state index contributed by atoms with van der Waals surface area (Å²) in [7, 11) is 3.62. The molecule has 0 spiro atoms. The highest BCUT2D eigenvalue weighted by Gasteiger charge is 2.42. The van der Waals surface area contributed by atoms with E-state index in [9.17, 15) is 14.4 Å². The van der Waals surface area contributed by atoms with Gasteiger partial charge in [0.15, 0.2) is 12.8 Å². The van der Waals surface area contributed by atoms with Crippen LogP contribution in [0, 0.1) is 94.7 Å². The summed E-state index contributed by atoms with van der Waals surface area (Å²) in [6.07, 6.45) is 0.289. The van der Waals surface area contributed by atoms with Gasteiger partial charge in [-0.2, -0.15) is 5.06 Å². The van der Waals surface area contributed by atoms with Crippen molar-refractivity contribution < 1.29 is 38.6 Å². The van der Waals surface area contributed by atoms with Gasteiger partial charge >= 0.3 is 0 Å². The number of nitrogens with zero attached hydrogens (tertiary/aromatic N) is 2. The predicted molar refractivity (Wildman–Crippen MR) is 320 cm³/mol. The number of hydrogen-bond acceptors (Lipinski definition) is 9. The Bertz CT molecular complexity index is 1250. The molecule has 0 aromatic heterocycles. The van der Waals surface area contributed by atoms with Crippen LogP contribution in [0.2, 0.25) is 0 Å². The minimum atomic E-state index is -0.306. The molecule has 0 radical (unpaired) electrons. The maximum Gasteiger partial charge on any atom is 0.208 e. The van der Waals surface area contributed by atoms with Crippen molar-refractivity contribution in [2.75, 3.05) is 27.3 Å². The zero-order valence-electron chi connectivity index (χ0n) is 55.0. The third-order valence-electron chi connectivity index (χ3n) is 12.8. The minimum Gasteiger partial charge on any atom is -0.347 e. The number of hydroxylamine groups is 3. The van der Waals surface area contributed by atoms with Gasteiger partial charge in [-0.1, -0.05) is 220 Å². The number of carbonyl (C=O) groups is 3. The van der Waals surface area contributed by atoms with E-state index in [1.54, 1.807) is 34.7 Å². The molecule has 1 rings (SSSR count). The zero-order valence-corrected chi connectivity index (χ0v) is 55.8. The van der Waals surface area contributed by atoms with Gasteiger partial charge in [0.1, 0.15) is 5.78 Å². The third kappa shape index (κ3) is 44.7. The molecule has 0 amide bonds. The smallest absolute Gasteiger partial charge is 0.208 e. The average Bonchev–Trinajstić information content (AvgIpc) is 3.75. The summed E-state index contributed by atoms with van der Waals surface area (Å²) in [5.74, 6) is 7.61. The van der Waals surface area contributed by atoms with Gasteiger partial charge in [-0.05, 0) is 84.6 Å². The molecule has 1 fully saturated rings. The van der Waals surface area contributed by atoms with E-state index in [4.69, 9.17) is 31.7 Å². The highest BCUT2D eigenvalue weighted by Crippen LogP contribution is 2.35. The van der Waals surface area contributed by atoms with Crippen molar-refractivity contribution in [3.05, 3.63) is 0 Å². The number of hydrogen-bond donors (Lipinski definition) is 1.